The molecule has 0 spiro atoms. The molecule has 1 unspecified atom stereocenters. The first-order chi connectivity index (χ1) is 17.9. The summed E-state index contributed by atoms with van der Waals surface area (Å²) in [4.78, 5) is 29.6. The van der Waals surface area contributed by atoms with Crippen molar-refractivity contribution in [1.82, 2.24) is 15.1 Å². The summed E-state index contributed by atoms with van der Waals surface area (Å²) in [5, 5.41) is 13.2. The largest absolute Gasteiger partial charge is 0.380 e. The molecule has 1 aromatic heterocycles. The number of carbonyl (C=O) groups is 2. The van der Waals surface area contributed by atoms with E-state index in [2.05, 4.69) is 39.6 Å². The number of nitrogens with one attached hydrogen (secondary N) is 1. The fraction of sp³-hybridized carbons (Fsp3) is 0.429. The number of halogens is 1. The van der Waals surface area contributed by atoms with Crippen LogP contribution in [0.3, 0.4) is 0 Å². The minimum absolute atomic E-state index is 0. The monoisotopic (exact) mass is 555 g/mol. The summed E-state index contributed by atoms with van der Waals surface area (Å²) < 4.78 is 5.48. The van der Waals surface area contributed by atoms with E-state index in [1.807, 2.05) is 36.4 Å². The number of aromatic nitrogens is 2. The fourth-order valence-corrected chi connectivity index (χ4v) is 5.58. The number of anilines is 2. The van der Waals surface area contributed by atoms with Gasteiger partial charge in [-0.25, -0.2) is 0 Å². The van der Waals surface area contributed by atoms with Gasteiger partial charge in [0.25, 0.3) is 0 Å². The molecule has 0 radical (unpaired) electrons. The van der Waals surface area contributed by atoms with Gasteiger partial charge in [-0.3, -0.25) is 14.5 Å². The highest BCUT2D eigenvalue weighted by atomic mass is 35.5. The number of rotatable bonds is 9. The first-order valence-electron chi connectivity index (χ1n) is 12.5. The highest BCUT2D eigenvalue weighted by Gasteiger charge is 2.35. The quantitative estimate of drug-likeness (QED) is 0.407. The molecule has 2 saturated heterocycles. The summed E-state index contributed by atoms with van der Waals surface area (Å²) >= 11 is 7.31. The van der Waals surface area contributed by atoms with Gasteiger partial charge in [0.1, 0.15) is 5.01 Å². The smallest absolute Gasteiger partial charge is 0.231 e. The van der Waals surface area contributed by atoms with Crippen molar-refractivity contribution >= 4 is 45.6 Å². The normalized spacial score (nSPS) is 19.1. The molecule has 38 heavy (non-hydrogen) atoms. The molecule has 3 aromatic rings. The molecule has 2 aromatic carbocycles. The summed E-state index contributed by atoms with van der Waals surface area (Å²) in [6.45, 7) is 2.79. The second-order valence-electron chi connectivity index (χ2n) is 9.62. The van der Waals surface area contributed by atoms with Crippen molar-refractivity contribution in [3.63, 3.8) is 0 Å². The third-order valence-electron chi connectivity index (χ3n) is 6.94. The van der Waals surface area contributed by atoms with Crippen molar-refractivity contribution in [3.8, 4) is 0 Å². The van der Waals surface area contributed by atoms with Gasteiger partial charge in [-0.15, -0.1) is 10.2 Å². The Hall–Kier alpha value is -2.85. The zero-order chi connectivity index (χ0) is 25.8. The van der Waals surface area contributed by atoms with E-state index < -0.39 is 5.92 Å². The summed E-state index contributed by atoms with van der Waals surface area (Å²) in [6.07, 6.45) is 2.78. The number of carbonyl (C=O) groups excluding carboxylic acids is 2. The molecule has 202 valence electrons. The predicted molar refractivity (Wildman–Crippen MR) is 152 cm³/mol. The summed E-state index contributed by atoms with van der Waals surface area (Å²) in [5.41, 5.74) is 3.16. The van der Waals surface area contributed by atoms with Crippen molar-refractivity contribution in [2.75, 3.05) is 37.0 Å². The van der Waals surface area contributed by atoms with Crippen LogP contribution in [0.2, 0.25) is 5.02 Å². The molecule has 2 aliphatic rings. The number of ether oxygens (including phenoxy) is 1. The zero-order valence-electron chi connectivity index (χ0n) is 20.7. The van der Waals surface area contributed by atoms with E-state index in [1.165, 1.54) is 22.5 Å². The third kappa shape index (κ3) is 6.96. The molecule has 10 heteroatoms. The Labute approximate surface area is 233 Å². The summed E-state index contributed by atoms with van der Waals surface area (Å²) in [7, 11) is 2.11. The maximum atomic E-state index is 12.9. The molecule has 5 rings (SSSR count). The van der Waals surface area contributed by atoms with Crippen LogP contribution in [0.1, 0.15) is 36.4 Å². The number of aryl methyl sites for hydroxylation is 2. The van der Waals surface area contributed by atoms with E-state index in [1.54, 1.807) is 4.90 Å². The van der Waals surface area contributed by atoms with Gasteiger partial charge in [0.2, 0.25) is 16.9 Å². The van der Waals surface area contributed by atoms with Crippen LogP contribution in [0.25, 0.3) is 0 Å². The topological polar surface area (TPSA) is 87.7 Å². The first kappa shape index (κ1) is 28.2. The number of benzene rings is 2. The van der Waals surface area contributed by atoms with Crippen molar-refractivity contribution in [2.45, 2.75) is 45.7 Å². The molecule has 3 heterocycles. The number of hydrogen-bond acceptors (Lipinski definition) is 7. The minimum Gasteiger partial charge on any atom is -0.380 e. The van der Waals surface area contributed by atoms with Gasteiger partial charge in [-0.05, 0) is 55.3 Å². The Morgan fingerprint density at radius 1 is 1.13 bits per heavy atom. The number of likely N-dealkylation sites (N-methyl/N-ethyl adjacent to an activating group) is 1. The van der Waals surface area contributed by atoms with E-state index in [-0.39, 0.29) is 25.7 Å². The standard InChI is InChI=1S/C27H30ClN5O3S.CH4/c1-32(23-12-13-36-17-23)15-19-4-9-22(10-5-19)33-16-20(14-25(33)34)26(35)29-27-31-30-24(37-27)11-6-18-2-7-21(28)8-3-18;/h2-5,7-10,20,23H,6,11-17H2,1H3,(H,29,31,35);1H4/t20-,23?;/m0./s1. The van der Waals surface area contributed by atoms with Crippen LogP contribution in [0, 0.1) is 5.92 Å². The molecule has 2 aliphatic heterocycles. The lowest BCUT2D eigenvalue weighted by Gasteiger charge is -2.23. The van der Waals surface area contributed by atoms with Crippen LogP contribution < -0.4 is 10.2 Å². The molecule has 0 bridgehead atoms. The summed E-state index contributed by atoms with van der Waals surface area (Å²) in [6, 6.07) is 16.2. The van der Waals surface area contributed by atoms with E-state index in [0.717, 1.165) is 49.7 Å². The lowest BCUT2D eigenvalue weighted by atomic mass is 10.1. The second-order valence-corrected chi connectivity index (χ2v) is 11.1. The number of hydrogen-bond donors (Lipinski definition) is 1. The number of amides is 2. The zero-order valence-corrected chi connectivity index (χ0v) is 22.3. The summed E-state index contributed by atoms with van der Waals surface area (Å²) in [5.74, 6) is -0.676. The van der Waals surface area contributed by atoms with E-state index >= 15 is 0 Å². The molecule has 1 N–H and O–H groups in total. The van der Waals surface area contributed by atoms with Crippen LogP contribution >= 0.6 is 22.9 Å². The Bertz CT molecular complexity index is 1230. The molecule has 8 nitrogen and oxygen atoms in total. The highest BCUT2D eigenvalue weighted by Crippen LogP contribution is 2.27. The molecule has 2 atom stereocenters. The van der Waals surface area contributed by atoms with Gasteiger partial charge >= 0.3 is 0 Å². The van der Waals surface area contributed by atoms with Crippen LogP contribution in [0.4, 0.5) is 10.8 Å². The molecule has 0 saturated carbocycles. The SMILES string of the molecule is C.CN(Cc1ccc(N2C[C@@H](C(=O)Nc3nnc(CCc4ccc(Cl)cc4)s3)CC2=O)cc1)C1CCOC1. The maximum Gasteiger partial charge on any atom is 0.231 e. The lowest BCUT2D eigenvalue weighted by molar-refractivity contribution is -0.122. The average molecular weight is 556 g/mol. The second kappa shape index (κ2) is 12.8. The highest BCUT2D eigenvalue weighted by molar-refractivity contribution is 7.15. The van der Waals surface area contributed by atoms with Gasteiger partial charge < -0.3 is 15.0 Å². The van der Waals surface area contributed by atoms with Crippen LogP contribution in [-0.2, 0) is 33.7 Å². The Morgan fingerprint density at radius 2 is 1.87 bits per heavy atom. The fourth-order valence-electron chi connectivity index (χ4n) is 4.72. The third-order valence-corrected chi connectivity index (χ3v) is 8.09. The van der Waals surface area contributed by atoms with Gasteiger partial charge in [0.15, 0.2) is 0 Å². The molecular formula is C28H34ClN5O3S. The molecule has 2 amide bonds. The van der Waals surface area contributed by atoms with Crippen molar-refractivity contribution < 1.29 is 14.3 Å². The Kier molecular flexibility index (Phi) is 9.49. The van der Waals surface area contributed by atoms with Gasteiger partial charge in [0, 0.05) is 49.3 Å². The molecular weight excluding hydrogens is 522 g/mol. The van der Waals surface area contributed by atoms with Crippen molar-refractivity contribution in [1.29, 1.82) is 0 Å². The van der Waals surface area contributed by atoms with Gasteiger partial charge in [0.05, 0.1) is 12.5 Å². The van der Waals surface area contributed by atoms with Crippen LogP contribution in [0.5, 0.6) is 0 Å². The number of nitrogens with zero attached hydrogens (tertiary/aromatic N) is 4. The lowest BCUT2D eigenvalue weighted by Crippen LogP contribution is -2.31. The van der Waals surface area contributed by atoms with E-state index in [0.29, 0.717) is 22.7 Å². The minimum atomic E-state index is -0.429. The van der Waals surface area contributed by atoms with Gasteiger partial charge in [-0.2, -0.15) is 0 Å². The Morgan fingerprint density at radius 3 is 2.58 bits per heavy atom. The molecule has 0 aliphatic carbocycles. The molecule has 2 fully saturated rings. The van der Waals surface area contributed by atoms with E-state index in [9.17, 15) is 9.59 Å². The van der Waals surface area contributed by atoms with Gasteiger partial charge in [-0.1, -0.05) is 54.6 Å². The van der Waals surface area contributed by atoms with Crippen LogP contribution in [-0.4, -0.2) is 59.8 Å². The van der Waals surface area contributed by atoms with Crippen LogP contribution in [0.15, 0.2) is 48.5 Å². The van der Waals surface area contributed by atoms with Crippen molar-refractivity contribution in [2.24, 2.45) is 5.92 Å². The Balaban J connectivity index is 0.00000336. The predicted octanol–water partition coefficient (Wildman–Crippen LogP) is 4.83. The van der Waals surface area contributed by atoms with E-state index in [4.69, 9.17) is 16.3 Å². The first-order valence-corrected chi connectivity index (χ1v) is 13.7. The average Bonchev–Trinajstić information content (AvgIpc) is 3.66. The maximum absolute atomic E-state index is 12.9. The van der Waals surface area contributed by atoms with Crippen molar-refractivity contribution in [3.05, 3.63) is 69.7 Å².